The predicted octanol–water partition coefficient (Wildman–Crippen LogP) is 5.54. The fraction of sp³-hybridized carbons (Fsp3) is 0.207. The molecule has 4 rings (SSSR count). The fourth-order valence-corrected chi connectivity index (χ4v) is 4.91. The van der Waals surface area contributed by atoms with Gasteiger partial charge in [-0.1, -0.05) is 79.3 Å². The van der Waals surface area contributed by atoms with Gasteiger partial charge in [0.15, 0.2) is 0 Å². The number of allylic oxidation sites excluding steroid dienone is 1. The molecule has 1 atom stereocenters. The number of amides is 2. The van der Waals surface area contributed by atoms with Crippen LogP contribution in [0, 0.1) is 11.3 Å². The molecule has 7 heteroatoms. The lowest BCUT2D eigenvalue weighted by molar-refractivity contribution is -0.121. The van der Waals surface area contributed by atoms with Crippen LogP contribution in [-0.2, 0) is 22.6 Å². The van der Waals surface area contributed by atoms with E-state index in [9.17, 15) is 14.9 Å². The van der Waals surface area contributed by atoms with Crippen molar-refractivity contribution in [3.05, 3.63) is 106 Å². The summed E-state index contributed by atoms with van der Waals surface area (Å²) in [4.78, 5) is 25.1. The molecule has 6 nitrogen and oxygen atoms in total. The summed E-state index contributed by atoms with van der Waals surface area (Å²) in [7, 11) is 0. The Morgan fingerprint density at radius 2 is 1.81 bits per heavy atom. The molecular weight excluding hydrogens is 470 g/mol. The highest BCUT2D eigenvalue weighted by Gasteiger charge is 2.30. The van der Waals surface area contributed by atoms with Crippen LogP contribution < -0.4 is 15.4 Å². The van der Waals surface area contributed by atoms with Crippen LogP contribution in [0.1, 0.15) is 36.0 Å². The van der Waals surface area contributed by atoms with Crippen LogP contribution in [0.4, 0.5) is 5.69 Å². The first-order chi connectivity index (χ1) is 17.6. The van der Waals surface area contributed by atoms with Crippen LogP contribution in [0.2, 0.25) is 0 Å². The molecule has 3 aromatic rings. The van der Waals surface area contributed by atoms with Gasteiger partial charge in [0.05, 0.1) is 22.4 Å². The zero-order valence-corrected chi connectivity index (χ0v) is 20.8. The van der Waals surface area contributed by atoms with Gasteiger partial charge in [0.1, 0.15) is 12.4 Å². The third kappa shape index (κ3) is 6.35. The summed E-state index contributed by atoms with van der Waals surface area (Å²) in [5.41, 5.74) is 4.21. The second-order valence-electron chi connectivity index (χ2n) is 8.35. The topological polar surface area (TPSA) is 91.2 Å². The molecule has 0 aromatic heterocycles. The molecule has 1 aliphatic rings. The van der Waals surface area contributed by atoms with E-state index < -0.39 is 0 Å². The van der Waals surface area contributed by atoms with E-state index in [1.807, 2.05) is 85.8 Å². The molecule has 1 aliphatic heterocycles. The Kier molecular flexibility index (Phi) is 8.43. The van der Waals surface area contributed by atoms with Crippen molar-refractivity contribution in [2.75, 3.05) is 11.1 Å². The highest BCUT2D eigenvalue weighted by molar-refractivity contribution is 8.03. The maximum Gasteiger partial charge on any atom is 0.234 e. The second-order valence-corrected chi connectivity index (χ2v) is 9.34. The van der Waals surface area contributed by atoms with Crippen molar-refractivity contribution in [3.8, 4) is 11.8 Å². The molecule has 0 saturated heterocycles. The molecule has 0 radical (unpaired) electrons. The predicted molar refractivity (Wildman–Crippen MR) is 142 cm³/mol. The molecule has 0 fully saturated rings. The van der Waals surface area contributed by atoms with Gasteiger partial charge in [-0.15, -0.1) is 0 Å². The van der Waals surface area contributed by atoms with E-state index in [4.69, 9.17) is 4.74 Å². The number of aryl methyl sites for hydroxylation is 1. The number of anilines is 1. The number of para-hydroxylation sites is 1. The molecule has 0 unspecified atom stereocenters. The number of hydrogen-bond acceptors (Lipinski definition) is 5. The Morgan fingerprint density at radius 1 is 1.08 bits per heavy atom. The van der Waals surface area contributed by atoms with Gasteiger partial charge >= 0.3 is 0 Å². The van der Waals surface area contributed by atoms with E-state index in [0.717, 1.165) is 28.8 Å². The summed E-state index contributed by atoms with van der Waals surface area (Å²) in [6, 6.07) is 27.3. The van der Waals surface area contributed by atoms with Gasteiger partial charge in [0, 0.05) is 18.0 Å². The molecule has 0 bridgehead atoms. The fourth-order valence-electron chi connectivity index (χ4n) is 4.03. The third-order valence-corrected chi connectivity index (χ3v) is 6.92. The minimum absolute atomic E-state index is 0.0812. The Balaban J connectivity index is 1.43. The number of hydrogen-bond donors (Lipinski definition) is 2. The minimum Gasteiger partial charge on any atom is -0.489 e. The summed E-state index contributed by atoms with van der Waals surface area (Å²) in [5.74, 6) is 0.0459. The van der Waals surface area contributed by atoms with Crippen LogP contribution in [0.3, 0.4) is 0 Å². The van der Waals surface area contributed by atoms with Crippen LogP contribution in [0.15, 0.2) is 89.5 Å². The number of ether oxygens (including phenoxy) is 1. The van der Waals surface area contributed by atoms with Gasteiger partial charge in [-0.25, -0.2) is 0 Å². The van der Waals surface area contributed by atoms with Crippen molar-refractivity contribution in [1.29, 1.82) is 5.26 Å². The molecule has 2 amide bonds. The smallest absolute Gasteiger partial charge is 0.234 e. The number of carbonyl (C=O) groups excluding carboxylic acids is 2. The Labute approximate surface area is 215 Å². The number of benzene rings is 3. The van der Waals surface area contributed by atoms with Crippen molar-refractivity contribution in [1.82, 2.24) is 5.32 Å². The van der Waals surface area contributed by atoms with E-state index in [2.05, 4.69) is 16.7 Å². The molecule has 36 heavy (non-hydrogen) atoms. The van der Waals surface area contributed by atoms with E-state index >= 15 is 0 Å². The highest BCUT2D eigenvalue weighted by Crippen LogP contribution is 2.36. The lowest BCUT2D eigenvalue weighted by Crippen LogP contribution is -2.31. The Hall–Kier alpha value is -4.02. The summed E-state index contributed by atoms with van der Waals surface area (Å²) >= 11 is 1.17. The standard InChI is InChI=1S/C29H27N3O3S/c1-2-21-10-6-7-11-26(21)31-28(34)19-36-29-25(17-30)24(16-27(33)32-29)22-12-14-23(15-13-22)35-18-20-8-4-3-5-9-20/h3-15,24H,2,16,18-19H2,1H3,(H,31,34)(H,32,33)/t24-/m1/s1. The number of carbonyl (C=O) groups is 2. The van der Waals surface area contributed by atoms with Gasteiger partial charge in [0.2, 0.25) is 11.8 Å². The molecule has 3 aromatic carbocycles. The number of nitrogens with zero attached hydrogens (tertiary/aromatic N) is 1. The molecular formula is C29H27N3O3S. The zero-order valence-electron chi connectivity index (χ0n) is 20.0. The maximum absolute atomic E-state index is 12.6. The van der Waals surface area contributed by atoms with Crippen molar-refractivity contribution >= 4 is 29.3 Å². The van der Waals surface area contributed by atoms with E-state index in [1.165, 1.54) is 11.8 Å². The van der Waals surface area contributed by atoms with Gasteiger partial charge in [-0.05, 0) is 41.3 Å². The van der Waals surface area contributed by atoms with Gasteiger partial charge in [-0.3, -0.25) is 9.59 Å². The summed E-state index contributed by atoms with van der Waals surface area (Å²) < 4.78 is 5.86. The molecule has 0 aliphatic carbocycles. The SMILES string of the molecule is CCc1ccccc1NC(=O)CSC1=C(C#N)[C@@H](c2ccc(OCc3ccccc3)cc2)CC(=O)N1. The molecule has 1 heterocycles. The average Bonchev–Trinajstić information content (AvgIpc) is 2.91. The minimum atomic E-state index is -0.377. The second kappa shape index (κ2) is 12.1. The Bertz CT molecular complexity index is 1300. The monoisotopic (exact) mass is 497 g/mol. The van der Waals surface area contributed by atoms with Crippen molar-refractivity contribution < 1.29 is 14.3 Å². The van der Waals surface area contributed by atoms with Crippen molar-refractivity contribution in [2.45, 2.75) is 32.3 Å². The van der Waals surface area contributed by atoms with E-state index in [0.29, 0.717) is 23.0 Å². The number of thioether (sulfide) groups is 1. The Morgan fingerprint density at radius 3 is 2.53 bits per heavy atom. The largest absolute Gasteiger partial charge is 0.489 e. The van der Waals surface area contributed by atoms with Crippen molar-refractivity contribution in [2.24, 2.45) is 0 Å². The van der Waals surface area contributed by atoms with Crippen LogP contribution >= 0.6 is 11.8 Å². The van der Waals surface area contributed by atoms with Crippen LogP contribution in [0.25, 0.3) is 0 Å². The molecule has 2 N–H and O–H groups in total. The third-order valence-electron chi connectivity index (χ3n) is 5.91. The van der Waals surface area contributed by atoms with Crippen LogP contribution in [-0.4, -0.2) is 17.6 Å². The summed E-state index contributed by atoms with van der Waals surface area (Å²) in [6.45, 7) is 2.49. The zero-order chi connectivity index (χ0) is 25.3. The maximum atomic E-state index is 12.6. The molecule has 0 saturated carbocycles. The molecule has 0 spiro atoms. The first kappa shape index (κ1) is 25.1. The van der Waals surface area contributed by atoms with Crippen molar-refractivity contribution in [3.63, 3.8) is 0 Å². The lowest BCUT2D eigenvalue weighted by atomic mass is 9.87. The summed E-state index contributed by atoms with van der Waals surface area (Å²) in [6.07, 6.45) is 0.981. The van der Waals surface area contributed by atoms with Gasteiger partial charge in [-0.2, -0.15) is 5.26 Å². The number of rotatable bonds is 9. The van der Waals surface area contributed by atoms with Gasteiger partial charge < -0.3 is 15.4 Å². The van der Waals surface area contributed by atoms with Gasteiger partial charge in [0.25, 0.3) is 0 Å². The van der Waals surface area contributed by atoms with Crippen LogP contribution in [0.5, 0.6) is 5.75 Å². The number of nitrogens with one attached hydrogen (secondary N) is 2. The van der Waals surface area contributed by atoms with E-state index in [1.54, 1.807) is 0 Å². The first-order valence-electron chi connectivity index (χ1n) is 11.8. The quantitative estimate of drug-likeness (QED) is 0.405. The normalized spacial score (nSPS) is 15.1. The van der Waals surface area contributed by atoms with E-state index in [-0.39, 0.29) is 29.9 Å². The molecule has 182 valence electrons. The highest BCUT2D eigenvalue weighted by atomic mass is 32.2. The average molecular weight is 498 g/mol. The number of nitriles is 1. The lowest BCUT2D eigenvalue weighted by Gasteiger charge is -2.25. The first-order valence-corrected chi connectivity index (χ1v) is 12.8. The summed E-state index contributed by atoms with van der Waals surface area (Å²) in [5, 5.41) is 16.1.